The van der Waals surface area contributed by atoms with Crippen molar-refractivity contribution in [2.75, 3.05) is 26.2 Å². The molecule has 0 radical (unpaired) electrons. The highest BCUT2D eigenvalue weighted by Gasteiger charge is 2.25. The lowest BCUT2D eigenvalue weighted by atomic mass is 10.1. The Kier molecular flexibility index (Phi) is 18.4. The maximum absolute atomic E-state index is 9.43. The van der Waals surface area contributed by atoms with Gasteiger partial charge < -0.3 is 26.6 Å². The second kappa shape index (κ2) is 16.8. The van der Waals surface area contributed by atoms with Crippen LogP contribution in [0.15, 0.2) is 0 Å². The minimum atomic E-state index is -0.542. The number of hydrogen-bond donors (Lipinski definition) is 1. The zero-order valence-electron chi connectivity index (χ0n) is 15.8. The fourth-order valence-electron chi connectivity index (χ4n) is 3.20. The van der Waals surface area contributed by atoms with E-state index in [9.17, 15) is 5.11 Å². The van der Waals surface area contributed by atoms with Gasteiger partial charge in [-0.1, -0.05) is 46.0 Å². The Morgan fingerprint density at radius 1 is 0.783 bits per heavy atom. The lowest BCUT2D eigenvalue weighted by Gasteiger charge is -2.39. The minimum Gasteiger partial charge on any atom is -1.00 e. The van der Waals surface area contributed by atoms with Gasteiger partial charge in [0.25, 0.3) is 0 Å². The molecule has 0 amide bonds. The molecular weight excluding hydrogens is 350 g/mol. The highest BCUT2D eigenvalue weighted by Crippen LogP contribution is 2.17. The molecule has 0 aliphatic rings. The van der Waals surface area contributed by atoms with Crippen LogP contribution in [-0.4, -0.2) is 41.9 Å². The first-order chi connectivity index (χ1) is 10.6. The summed E-state index contributed by atoms with van der Waals surface area (Å²) in [6.45, 7) is 12.3. The molecule has 1 N–H and O–H groups in total. The Morgan fingerprint density at radius 2 is 1.22 bits per heavy atom. The largest absolute Gasteiger partial charge is 1.00 e. The van der Waals surface area contributed by atoms with E-state index in [0.29, 0.717) is 0 Å². The lowest BCUT2D eigenvalue weighted by molar-refractivity contribution is -0.929. The van der Waals surface area contributed by atoms with E-state index >= 15 is 0 Å². The Bertz CT molecular complexity index is 266. The molecule has 0 aromatic rings. The van der Waals surface area contributed by atoms with E-state index in [0.717, 1.165) is 12.8 Å². The standard InChI is InChI=1S/C20H40NO.BrH/c1-5-9-16-21(17-10-6-2,18-11-7-3)19-14-12-13-15-20(22)8-4;/h4,20,22H,5-7,9-19H2,1-3H3;1H/q+1;/p-1. The number of rotatable bonds is 15. The predicted octanol–water partition coefficient (Wildman–Crippen LogP) is 1.76. The fourth-order valence-corrected chi connectivity index (χ4v) is 3.20. The number of aliphatic hydroxyl groups is 1. The van der Waals surface area contributed by atoms with E-state index in [-0.39, 0.29) is 17.0 Å². The van der Waals surface area contributed by atoms with Crippen LogP contribution in [0.2, 0.25) is 0 Å². The van der Waals surface area contributed by atoms with E-state index in [1.807, 2.05) is 0 Å². The van der Waals surface area contributed by atoms with Crippen LogP contribution in [0.25, 0.3) is 0 Å². The van der Waals surface area contributed by atoms with Gasteiger partial charge in [0.1, 0.15) is 6.10 Å². The Balaban J connectivity index is 0. The monoisotopic (exact) mass is 389 g/mol. The van der Waals surface area contributed by atoms with Gasteiger partial charge in [-0.3, -0.25) is 0 Å². The van der Waals surface area contributed by atoms with Gasteiger partial charge in [-0.2, -0.15) is 0 Å². The maximum Gasteiger partial charge on any atom is 0.114 e. The van der Waals surface area contributed by atoms with Crippen molar-refractivity contribution >= 4 is 0 Å². The van der Waals surface area contributed by atoms with Gasteiger partial charge in [-0.15, -0.1) is 6.42 Å². The highest BCUT2D eigenvalue weighted by molar-refractivity contribution is 4.92. The van der Waals surface area contributed by atoms with Crippen LogP contribution in [0.4, 0.5) is 0 Å². The molecule has 0 aliphatic heterocycles. The highest BCUT2D eigenvalue weighted by atomic mass is 79.9. The molecule has 1 atom stereocenters. The fraction of sp³-hybridized carbons (Fsp3) is 0.900. The molecule has 2 nitrogen and oxygen atoms in total. The van der Waals surface area contributed by atoms with Gasteiger partial charge in [0.05, 0.1) is 26.2 Å². The Hall–Kier alpha value is -0.0400. The summed E-state index contributed by atoms with van der Waals surface area (Å²) >= 11 is 0. The van der Waals surface area contributed by atoms with Crippen LogP contribution >= 0.6 is 0 Å². The number of quaternary nitrogens is 1. The van der Waals surface area contributed by atoms with E-state index in [1.165, 1.54) is 82.0 Å². The summed E-state index contributed by atoms with van der Waals surface area (Å²) in [5, 5.41) is 9.43. The Labute approximate surface area is 156 Å². The Morgan fingerprint density at radius 3 is 1.61 bits per heavy atom. The number of hydrogen-bond acceptors (Lipinski definition) is 1. The molecule has 0 saturated heterocycles. The first kappa shape index (κ1) is 25.2. The zero-order chi connectivity index (χ0) is 16.7. The van der Waals surface area contributed by atoms with Crippen LogP contribution in [-0.2, 0) is 0 Å². The smallest absolute Gasteiger partial charge is 0.114 e. The second-order valence-corrected chi connectivity index (χ2v) is 6.83. The summed E-state index contributed by atoms with van der Waals surface area (Å²) in [7, 11) is 0. The third-order valence-corrected chi connectivity index (χ3v) is 4.76. The predicted molar refractivity (Wildman–Crippen MR) is 97.8 cm³/mol. The molecule has 0 aliphatic carbocycles. The first-order valence-corrected chi connectivity index (χ1v) is 9.63. The van der Waals surface area contributed by atoms with Gasteiger partial charge in [0.15, 0.2) is 0 Å². The summed E-state index contributed by atoms with van der Waals surface area (Å²) in [5.74, 6) is 2.41. The average Bonchev–Trinajstić information content (AvgIpc) is 2.55. The van der Waals surface area contributed by atoms with E-state index in [2.05, 4.69) is 26.7 Å². The molecule has 138 valence electrons. The molecule has 0 aromatic carbocycles. The normalized spacial score (nSPS) is 12.5. The van der Waals surface area contributed by atoms with E-state index in [4.69, 9.17) is 6.42 Å². The van der Waals surface area contributed by atoms with E-state index in [1.54, 1.807) is 0 Å². The molecule has 3 heteroatoms. The molecule has 0 heterocycles. The summed E-state index contributed by atoms with van der Waals surface area (Å²) in [6, 6.07) is 0. The van der Waals surface area contributed by atoms with Gasteiger partial charge in [-0.05, 0) is 44.9 Å². The van der Waals surface area contributed by atoms with Crippen LogP contribution in [0.5, 0.6) is 0 Å². The molecule has 0 spiro atoms. The summed E-state index contributed by atoms with van der Waals surface area (Å²) < 4.78 is 1.33. The van der Waals surface area contributed by atoms with Crippen LogP contribution in [0, 0.1) is 12.3 Å². The number of nitrogens with zero attached hydrogens (tertiary/aromatic N) is 1. The quantitative estimate of drug-likeness (QED) is 0.257. The maximum atomic E-state index is 9.43. The molecular formula is C20H40BrNO. The molecule has 0 rings (SSSR count). The van der Waals surface area contributed by atoms with Crippen molar-refractivity contribution < 1.29 is 26.6 Å². The van der Waals surface area contributed by atoms with E-state index < -0.39 is 6.10 Å². The van der Waals surface area contributed by atoms with Crippen molar-refractivity contribution in [1.82, 2.24) is 0 Å². The van der Waals surface area contributed by atoms with Crippen molar-refractivity contribution in [2.24, 2.45) is 0 Å². The summed E-state index contributed by atoms with van der Waals surface area (Å²) in [6.07, 6.45) is 16.9. The third kappa shape index (κ3) is 13.0. The molecule has 0 bridgehead atoms. The molecule has 0 saturated carbocycles. The van der Waals surface area contributed by atoms with Crippen LogP contribution in [0.3, 0.4) is 0 Å². The average molecular weight is 390 g/mol. The van der Waals surface area contributed by atoms with Gasteiger partial charge in [0.2, 0.25) is 0 Å². The molecule has 23 heavy (non-hydrogen) atoms. The summed E-state index contributed by atoms with van der Waals surface area (Å²) in [4.78, 5) is 0. The van der Waals surface area contributed by atoms with Crippen molar-refractivity contribution in [3.8, 4) is 12.3 Å². The third-order valence-electron chi connectivity index (χ3n) is 4.76. The SMILES string of the molecule is C#CC(O)CCCCC[N+](CCCC)(CCCC)CCCC.[Br-]. The van der Waals surface area contributed by atoms with Crippen LogP contribution < -0.4 is 17.0 Å². The number of unbranched alkanes of at least 4 members (excludes halogenated alkanes) is 5. The number of aliphatic hydroxyl groups excluding tert-OH is 1. The van der Waals surface area contributed by atoms with Gasteiger partial charge >= 0.3 is 0 Å². The van der Waals surface area contributed by atoms with Crippen molar-refractivity contribution in [1.29, 1.82) is 0 Å². The molecule has 1 unspecified atom stereocenters. The topological polar surface area (TPSA) is 20.2 Å². The molecule has 0 fully saturated rings. The number of halogens is 1. The van der Waals surface area contributed by atoms with Gasteiger partial charge in [-0.25, -0.2) is 0 Å². The summed E-state index contributed by atoms with van der Waals surface area (Å²) in [5.41, 5.74) is 0. The van der Waals surface area contributed by atoms with Crippen LogP contribution in [0.1, 0.15) is 85.0 Å². The van der Waals surface area contributed by atoms with Crippen molar-refractivity contribution in [3.05, 3.63) is 0 Å². The minimum absolute atomic E-state index is 0. The molecule has 0 aromatic heterocycles. The zero-order valence-corrected chi connectivity index (χ0v) is 17.4. The second-order valence-electron chi connectivity index (χ2n) is 6.83. The first-order valence-electron chi connectivity index (χ1n) is 9.63. The number of terminal acetylenes is 1. The van der Waals surface area contributed by atoms with Crippen molar-refractivity contribution in [2.45, 2.75) is 91.1 Å². The van der Waals surface area contributed by atoms with Gasteiger partial charge in [0, 0.05) is 0 Å². The lowest BCUT2D eigenvalue weighted by Crippen LogP contribution is -3.00. The van der Waals surface area contributed by atoms with Crippen molar-refractivity contribution in [3.63, 3.8) is 0 Å².